The number of fused-ring (bicyclic) bond motifs is 1. The predicted octanol–water partition coefficient (Wildman–Crippen LogP) is 1.39. The van der Waals surface area contributed by atoms with Crippen molar-refractivity contribution in [2.75, 3.05) is 12.3 Å². The fourth-order valence-corrected chi connectivity index (χ4v) is 4.49. The third kappa shape index (κ3) is 3.28. The summed E-state index contributed by atoms with van der Waals surface area (Å²) in [7, 11) is -3.19. The van der Waals surface area contributed by atoms with E-state index in [-0.39, 0.29) is 11.8 Å². The molecule has 0 bridgehead atoms. The maximum absolute atomic E-state index is 11.8. The minimum Gasteiger partial charge on any atom is -0.330 e. The van der Waals surface area contributed by atoms with Gasteiger partial charge in [0.1, 0.15) is 0 Å². The van der Waals surface area contributed by atoms with Crippen LogP contribution in [0.3, 0.4) is 0 Å². The van der Waals surface area contributed by atoms with Gasteiger partial charge in [-0.1, -0.05) is 0 Å². The molecule has 1 aromatic rings. The normalized spacial score (nSPS) is 20.2. The van der Waals surface area contributed by atoms with Gasteiger partial charge >= 0.3 is 0 Å². The van der Waals surface area contributed by atoms with E-state index in [1.54, 1.807) is 11.3 Å². The van der Waals surface area contributed by atoms with Crippen LogP contribution < -0.4 is 10.5 Å². The summed E-state index contributed by atoms with van der Waals surface area (Å²) < 4.78 is 26.4. The summed E-state index contributed by atoms with van der Waals surface area (Å²) in [5.74, 6) is 0.124. The molecule has 96 valence electrons. The van der Waals surface area contributed by atoms with Gasteiger partial charge in [-0.05, 0) is 49.2 Å². The summed E-state index contributed by atoms with van der Waals surface area (Å²) in [6.07, 6.45) is 3.54. The Morgan fingerprint density at radius 2 is 2.35 bits per heavy atom. The Hall–Kier alpha value is -0.430. The third-order valence-corrected chi connectivity index (χ3v) is 5.46. The van der Waals surface area contributed by atoms with Crippen molar-refractivity contribution < 1.29 is 8.42 Å². The number of aryl methyl sites for hydroxylation is 1. The Morgan fingerprint density at radius 3 is 3.12 bits per heavy atom. The molecular formula is C11H18N2O2S2. The van der Waals surface area contributed by atoms with Gasteiger partial charge in [0.25, 0.3) is 0 Å². The Bertz CT molecular complexity index is 468. The first-order chi connectivity index (χ1) is 8.12. The molecule has 1 heterocycles. The molecule has 0 amide bonds. The first kappa shape index (κ1) is 13.0. The second-order valence-corrected chi connectivity index (χ2v) is 7.20. The number of hydrogen-bond donors (Lipinski definition) is 2. The molecule has 4 nitrogen and oxygen atoms in total. The van der Waals surface area contributed by atoms with Crippen molar-refractivity contribution in [2.45, 2.75) is 31.7 Å². The van der Waals surface area contributed by atoms with E-state index in [0.29, 0.717) is 13.0 Å². The highest BCUT2D eigenvalue weighted by atomic mass is 32.2. The molecule has 1 aromatic heterocycles. The average molecular weight is 274 g/mol. The summed E-state index contributed by atoms with van der Waals surface area (Å²) in [5.41, 5.74) is 6.50. The molecule has 3 N–H and O–H groups in total. The predicted molar refractivity (Wildman–Crippen MR) is 70.6 cm³/mol. The number of hydrogen-bond acceptors (Lipinski definition) is 4. The van der Waals surface area contributed by atoms with Gasteiger partial charge in [0.15, 0.2) is 0 Å². The van der Waals surface area contributed by atoms with Crippen molar-refractivity contribution in [1.82, 2.24) is 4.72 Å². The van der Waals surface area contributed by atoms with Crippen LogP contribution in [0, 0.1) is 0 Å². The summed E-state index contributed by atoms with van der Waals surface area (Å²) in [6.45, 7) is 0.412. The van der Waals surface area contributed by atoms with E-state index in [0.717, 1.165) is 24.8 Å². The second kappa shape index (κ2) is 5.48. The molecule has 17 heavy (non-hydrogen) atoms. The average Bonchev–Trinajstić information content (AvgIpc) is 2.75. The Labute approximate surface area is 106 Å². The highest BCUT2D eigenvalue weighted by Gasteiger charge is 2.24. The van der Waals surface area contributed by atoms with Crippen LogP contribution in [-0.4, -0.2) is 20.7 Å². The smallest absolute Gasteiger partial charge is 0.212 e. The van der Waals surface area contributed by atoms with Crippen molar-refractivity contribution in [3.05, 3.63) is 21.9 Å². The lowest BCUT2D eigenvalue weighted by Gasteiger charge is -2.23. The molecule has 0 radical (unpaired) electrons. The molecule has 1 atom stereocenters. The van der Waals surface area contributed by atoms with Crippen LogP contribution in [0.15, 0.2) is 11.4 Å². The highest BCUT2D eigenvalue weighted by molar-refractivity contribution is 7.89. The van der Waals surface area contributed by atoms with Crippen LogP contribution in [0.4, 0.5) is 0 Å². The fraction of sp³-hybridized carbons (Fsp3) is 0.636. The van der Waals surface area contributed by atoms with Crippen molar-refractivity contribution in [3.8, 4) is 0 Å². The Balaban J connectivity index is 2.06. The molecule has 6 heteroatoms. The number of rotatable bonds is 5. The molecule has 0 saturated carbocycles. The van der Waals surface area contributed by atoms with Crippen LogP contribution >= 0.6 is 11.3 Å². The Kier molecular flexibility index (Phi) is 4.19. The summed E-state index contributed by atoms with van der Waals surface area (Å²) in [5, 5.41) is 2.04. The van der Waals surface area contributed by atoms with Crippen LogP contribution in [0.25, 0.3) is 0 Å². The van der Waals surface area contributed by atoms with E-state index >= 15 is 0 Å². The van der Waals surface area contributed by atoms with Gasteiger partial charge in [0.05, 0.1) is 5.75 Å². The van der Waals surface area contributed by atoms with Crippen LogP contribution in [0.1, 0.15) is 35.7 Å². The van der Waals surface area contributed by atoms with E-state index in [4.69, 9.17) is 5.73 Å². The summed E-state index contributed by atoms with van der Waals surface area (Å²) in [4.78, 5) is 1.32. The lowest BCUT2D eigenvalue weighted by atomic mass is 9.95. The molecule has 1 unspecified atom stereocenters. The van der Waals surface area contributed by atoms with Crippen molar-refractivity contribution in [2.24, 2.45) is 5.73 Å². The standard InChI is InChI=1S/C11H18N2O2S2/c12-6-2-8-17(14,15)13-10-3-1-4-11-9(10)5-7-16-11/h5,7,10,13H,1-4,6,8,12H2. The first-order valence-corrected chi connectivity index (χ1v) is 8.42. The van der Waals surface area contributed by atoms with Crippen molar-refractivity contribution in [3.63, 3.8) is 0 Å². The number of sulfonamides is 1. The zero-order valence-corrected chi connectivity index (χ0v) is 11.3. The van der Waals surface area contributed by atoms with E-state index in [9.17, 15) is 8.42 Å². The zero-order chi connectivity index (χ0) is 12.3. The minimum atomic E-state index is -3.19. The highest BCUT2D eigenvalue weighted by Crippen LogP contribution is 2.33. The maximum atomic E-state index is 11.8. The molecule has 0 spiro atoms. The molecule has 0 fully saturated rings. The van der Waals surface area contributed by atoms with Gasteiger partial charge in [-0.3, -0.25) is 0 Å². The minimum absolute atomic E-state index is 0.0345. The molecule has 0 aliphatic heterocycles. The largest absolute Gasteiger partial charge is 0.330 e. The van der Waals surface area contributed by atoms with Gasteiger partial charge in [-0.2, -0.15) is 0 Å². The monoisotopic (exact) mass is 274 g/mol. The van der Waals surface area contributed by atoms with Crippen LogP contribution in [-0.2, 0) is 16.4 Å². The first-order valence-electron chi connectivity index (χ1n) is 5.89. The zero-order valence-electron chi connectivity index (χ0n) is 9.69. The van der Waals surface area contributed by atoms with Gasteiger partial charge < -0.3 is 5.73 Å². The maximum Gasteiger partial charge on any atom is 0.212 e. The SMILES string of the molecule is NCCCS(=O)(=O)NC1CCCc2sccc21. The molecule has 0 aromatic carbocycles. The number of thiophene rings is 1. The lowest BCUT2D eigenvalue weighted by Crippen LogP contribution is -2.32. The van der Waals surface area contributed by atoms with Crippen molar-refractivity contribution in [1.29, 1.82) is 0 Å². The molecular weight excluding hydrogens is 256 g/mol. The van der Waals surface area contributed by atoms with E-state index < -0.39 is 10.0 Å². The number of nitrogens with one attached hydrogen (secondary N) is 1. The van der Waals surface area contributed by atoms with E-state index in [1.165, 1.54) is 4.88 Å². The van der Waals surface area contributed by atoms with Crippen LogP contribution in [0.2, 0.25) is 0 Å². The number of nitrogens with two attached hydrogens (primary N) is 1. The van der Waals surface area contributed by atoms with Gasteiger partial charge in [-0.25, -0.2) is 13.1 Å². The van der Waals surface area contributed by atoms with E-state index in [2.05, 4.69) is 4.72 Å². The molecule has 0 saturated heterocycles. The third-order valence-electron chi connectivity index (χ3n) is 2.99. The van der Waals surface area contributed by atoms with E-state index in [1.807, 2.05) is 11.4 Å². The lowest BCUT2D eigenvalue weighted by molar-refractivity contribution is 0.510. The van der Waals surface area contributed by atoms with Crippen LogP contribution in [0.5, 0.6) is 0 Å². The van der Waals surface area contributed by atoms with Gasteiger partial charge in [0.2, 0.25) is 10.0 Å². The quantitative estimate of drug-likeness (QED) is 0.852. The molecule has 1 aliphatic carbocycles. The molecule has 1 aliphatic rings. The van der Waals surface area contributed by atoms with Gasteiger partial charge in [-0.15, -0.1) is 11.3 Å². The Morgan fingerprint density at radius 1 is 1.53 bits per heavy atom. The van der Waals surface area contributed by atoms with Gasteiger partial charge in [0, 0.05) is 10.9 Å². The topological polar surface area (TPSA) is 72.2 Å². The second-order valence-electron chi connectivity index (χ2n) is 4.32. The summed E-state index contributed by atoms with van der Waals surface area (Å²) >= 11 is 1.72. The van der Waals surface area contributed by atoms with Crippen molar-refractivity contribution >= 4 is 21.4 Å². The summed E-state index contributed by atoms with van der Waals surface area (Å²) in [6, 6.07) is 2.00. The molecule has 2 rings (SSSR count). The fourth-order valence-electron chi connectivity index (χ4n) is 2.16.